The number of carbonyl (C=O) groups is 1. The Kier molecular flexibility index (Phi) is 5.53. The second-order valence-corrected chi connectivity index (χ2v) is 7.30. The van der Waals surface area contributed by atoms with Crippen LogP contribution in [0.3, 0.4) is 0 Å². The Bertz CT molecular complexity index is 1210. The topological polar surface area (TPSA) is 101 Å². The molecule has 0 saturated carbocycles. The summed E-state index contributed by atoms with van der Waals surface area (Å²) in [6, 6.07) is 17.0. The summed E-state index contributed by atoms with van der Waals surface area (Å²) in [6.45, 7) is 6.64. The van der Waals surface area contributed by atoms with E-state index in [2.05, 4.69) is 24.0 Å². The van der Waals surface area contributed by atoms with E-state index in [1.54, 1.807) is 17.0 Å². The Morgan fingerprint density at radius 2 is 1.87 bits per heavy atom. The number of nitrogens with zero attached hydrogens (tertiary/aromatic N) is 5. The molecule has 1 aromatic carbocycles. The van der Waals surface area contributed by atoms with Crippen molar-refractivity contribution in [3.63, 3.8) is 0 Å². The van der Waals surface area contributed by atoms with Crippen molar-refractivity contribution in [2.24, 2.45) is 5.73 Å². The Hall–Kier alpha value is -3.94. The molecule has 8 nitrogen and oxygen atoms in total. The highest BCUT2D eigenvalue weighted by Crippen LogP contribution is 2.29. The predicted molar refractivity (Wildman–Crippen MR) is 118 cm³/mol. The fraction of sp³-hybridized carbons (Fsp3) is 0.217. The monoisotopic (exact) mass is 416 g/mol. The first-order valence-corrected chi connectivity index (χ1v) is 10.1. The molecular formula is C23H24N6O2. The number of rotatable bonds is 7. The van der Waals surface area contributed by atoms with E-state index in [0.29, 0.717) is 29.6 Å². The van der Waals surface area contributed by atoms with Crippen molar-refractivity contribution < 1.29 is 9.53 Å². The van der Waals surface area contributed by atoms with Crippen molar-refractivity contribution >= 4 is 5.91 Å². The zero-order valence-corrected chi connectivity index (χ0v) is 17.7. The first-order valence-electron chi connectivity index (χ1n) is 10.1. The van der Waals surface area contributed by atoms with Crippen molar-refractivity contribution in [1.82, 2.24) is 24.3 Å². The third-order valence-electron chi connectivity index (χ3n) is 4.92. The number of benzene rings is 1. The first-order chi connectivity index (χ1) is 15.0. The van der Waals surface area contributed by atoms with Gasteiger partial charge in [0.15, 0.2) is 5.82 Å². The molecule has 0 fully saturated rings. The number of aromatic nitrogens is 5. The Balaban J connectivity index is 1.83. The predicted octanol–water partition coefficient (Wildman–Crippen LogP) is 3.88. The summed E-state index contributed by atoms with van der Waals surface area (Å²) >= 11 is 0. The summed E-state index contributed by atoms with van der Waals surface area (Å²) in [5.74, 6) is 1.48. The Labute approximate surface area is 180 Å². The van der Waals surface area contributed by atoms with Gasteiger partial charge in [-0.3, -0.25) is 9.36 Å². The maximum atomic E-state index is 12.2. The average molecular weight is 416 g/mol. The third-order valence-corrected chi connectivity index (χ3v) is 4.92. The van der Waals surface area contributed by atoms with Crippen LogP contribution in [0.2, 0.25) is 0 Å². The van der Waals surface area contributed by atoms with Gasteiger partial charge in [-0.25, -0.2) is 4.98 Å². The van der Waals surface area contributed by atoms with Crippen LogP contribution in [0, 0.1) is 0 Å². The van der Waals surface area contributed by atoms with Gasteiger partial charge in [-0.2, -0.15) is 0 Å². The van der Waals surface area contributed by atoms with Gasteiger partial charge in [0.05, 0.1) is 12.3 Å². The maximum absolute atomic E-state index is 12.2. The van der Waals surface area contributed by atoms with Crippen LogP contribution in [0.15, 0.2) is 60.9 Å². The van der Waals surface area contributed by atoms with Gasteiger partial charge in [0.25, 0.3) is 5.91 Å². The molecule has 31 heavy (non-hydrogen) atoms. The highest BCUT2D eigenvalue weighted by Gasteiger charge is 2.18. The second-order valence-electron chi connectivity index (χ2n) is 7.30. The van der Waals surface area contributed by atoms with Crippen LogP contribution in [-0.4, -0.2) is 36.8 Å². The smallest absolute Gasteiger partial charge is 0.265 e. The summed E-state index contributed by atoms with van der Waals surface area (Å²) in [5, 5.41) is 8.26. The number of hydrogen-bond acceptors (Lipinski definition) is 5. The molecule has 158 valence electrons. The summed E-state index contributed by atoms with van der Waals surface area (Å²) in [5.41, 5.74) is 8.38. The van der Waals surface area contributed by atoms with E-state index < -0.39 is 5.91 Å². The number of pyridine rings is 1. The van der Waals surface area contributed by atoms with Crippen LogP contribution in [0.25, 0.3) is 28.6 Å². The van der Waals surface area contributed by atoms with Gasteiger partial charge >= 0.3 is 0 Å². The molecule has 4 aromatic rings. The molecular weight excluding hydrogens is 392 g/mol. The molecule has 2 N–H and O–H groups in total. The van der Waals surface area contributed by atoms with Crippen molar-refractivity contribution in [2.45, 2.75) is 26.8 Å². The molecule has 3 heterocycles. The van der Waals surface area contributed by atoms with Gasteiger partial charge in [0.2, 0.25) is 0 Å². The van der Waals surface area contributed by atoms with E-state index in [1.807, 2.05) is 60.0 Å². The summed E-state index contributed by atoms with van der Waals surface area (Å²) in [7, 11) is 0. The zero-order chi connectivity index (χ0) is 22.0. The average Bonchev–Trinajstić information content (AvgIpc) is 3.42. The van der Waals surface area contributed by atoms with E-state index in [0.717, 1.165) is 17.0 Å². The molecule has 0 aliphatic carbocycles. The van der Waals surface area contributed by atoms with Crippen LogP contribution in [0.1, 0.15) is 37.3 Å². The number of hydrogen-bond donors (Lipinski definition) is 1. The lowest BCUT2D eigenvalue weighted by Gasteiger charge is -2.14. The third kappa shape index (κ3) is 3.92. The van der Waals surface area contributed by atoms with Gasteiger partial charge in [-0.1, -0.05) is 6.07 Å². The summed E-state index contributed by atoms with van der Waals surface area (Å²) in [6.07, 6.45) is 1.68. The minimum absolute atomic E-state index is 0.183. The second kappa shape index (κ2) is 8.43. The lowest BCUT2D eigenvalue weighted by Crippen LogP contribution is -2.17. The van der Waals surface area contributed by atoms with Crippen LogP contribution < -0.4 is 10.5 Å². The highest BCUT2D eigenvalue weighted by atomic mass is 16.5. The normalized spacial score (nSPS) is 11.1. The van der Waals surface area contributed by atoms with Gasteiger partial charge in [-0.05, 0) is 74.9 Å². The summed E-state index contributed by atoms with van der Waals surface area (Å²) in [4.78, 5) is 16.9. The van der Waals surface area contributed by atoms with E-state index in [-0.39, 0.29) is 6.04 Å². The SMILES string of the molecule is CCOc1ccc(-c2ccc(C(N)=O)n2-c2cccc(-c3nncn3C(C)C)n2)cc1. The Morgan fingerprint density at radius 3 is 2.55 bits per heavy atom. The number of amides is 1. The van der Waals surface area contributed by atoms with Crippen LogP contribution in [0.4, 0.5) is 0 Å². The molecule has 1 amide bonds. The quantitative estimate of drug-likeness (QED) is 0.493. The number of carbonyl (C=O) groups excluding carboxylic acids is 1. The van der Waals surface area contributed by atoms with Gasteiger partial charge < -0.3 is 15.0 Å². The first kappa shape index (κ1) is 20.3. The highest BCUT2D eigenvalue weighted by molar-refractivity contribution is 5.93. The van der Waals surface area contributed by atoms with E-state index in [9.17, 15) is 4.79 Å². The minimum atomic E-state index is -0.533. The van der Waals surface area contributed by atoms with Crippen molar-refractivity contribution in [3.8, 4) is 34.3 Å². The Morgan fingerprint density at radius 1 is 1.10 bits per heavy atom. The molecule has 0 spiro atoms. The van der Waals surface area contributed by atoms with Crippen LogP contribution in [-0.2, 0) is 0 Å². The number of nitrogens with two attached hydrogens (primary N) is 1. The molecule has 0 bridgehead atoms. The van der Waals surface area contributed by atoms with Gasteiger partial charge in [-0.15, -0.1) is 10.2 Å². The summed E-state index contributed by atoms with van der Waals surface area (Å²) < 4.78 is 9.24. The van der Waals surface area contributed by atoms with Crippen LogP contribution >= 0.6 is 0 Å². The molecule has 0 atom stereocenters. The lowest BCUT2D eigenvalue weighted by molar-refractivity contribution is 0.0994. The van der Waals surface area contributed by atoms with Gasteiger partial charge in [0, 0.05) is 6.04 Å². The minimum Gasteiger partial charge on any atom is -0.494 e. The van der Waals surface area contributed by atoms with Crippen molar-refractivity contribution in [2.75, 3.05) is 6.61 Å². The zero-order valence-electron chi connectivity index (χ0n) is 17.7. The van der Waals surface area contributed by atoms with Crippen molar-refractivity contribution in [1.29, 1.82) is 0 Å². The molecule has 0 radical (unpaired) electrons. The molecule has 4 rings (SSSR count). The maximum Gasteiger partial charge on any atom is 0.265 e. The number of ether oxygens (including phenoxy) is 1. The van der Waals surface area contributed by atoms with Gasteiger partial charge in [0.1, 0.15) is 29.3 Å². The fourth-order valence-corrected chi connectivity index (χ4v) is 3.47. The van der Waals surface area contributed by atoms with Crippen LogP contribution in [0.5, 0.6) is 5.75 Å². The largest absolute Gasteiger partial charge is 0.494 e. The van der Waals surface area contributed by atoms with E-state index in [1.165, 1.54) is 0 Å². The van der Waals surface area contributed by atoms with E-state index >= 15 is 0 Å². The fourth-order valence-electron chi connectivity index (χ4n) is 3.47. The molecule has 3 aromatic heterocycles. The lowest BCUT2D eigenvalue weighted by atomic mass is 10.1. The molecule has 0 aliphatic rings. The number of primary amides is 1. The van der Waals surface area contributed by atoms with E-state index in [4.69, 9.17) is 15.5 Å². The standard InChI is InChI=1S/C23H24N6O2/c1-4-31-17-10-8-16(9-11-17)19-12-13-20(22(24)30)29(19)21-7-5-6-18(26-21)23-27-25-14-28(23)15(2)3/h5-15H,4H2,1-3H3,(H2,24,30). The molecule has 0 saturated heterocycles. The van der Waals surface area contributed by atoms with Crippen molar-refractivity contribution in [3.05, 3.63) is 66.6 Å². The molecule has 0 unspecified atom stereocenters. The molecule has 0 aliphatic heterocycles. The molecule has 8 heteroatoms.